The van der Waals surface area contributed by atoms with E-state index < -0.39 is 0 Å². The van der Waals surface area contributed by atoms with E-state index in [2.05, 4.69) is 27.9 Å². The summed E-state index contributed by atoms with van der Waals surface area (Å²) in [5.74, 6) is 2.04. The Morgan fingerprint density at radius 2 is 2.11 bits per heavy atom. The highest BCUT2D eigenvalue weighted by atomic mass is 35.5. The normalized spacial score (nSPS) is 11.4. The molecule has 0 amide bonds. The zero-order valence-corrected chi connectivity index (χ0v) is 13.2. The van der Waals surface area contributed by atoms with E-state index in [1.165, 1.54) is 11.3 Å². The molecule has 0 bridgehead atoms. The van der Waals surface area contributed by atoms with Crippen LogP contribution in [0.5, 0.6) is 0 Å². The maximum atomic E-state index is 5.95. The minimum absolute atomic E-state index is 0.789. The minimum Gasteiger partial charge on any atom is -0.356 e. The molecule has 0 radical (unpaired) electrons. The summed E-state index contributed by atoms with van der Waals surface area (Å²) in [6.45, 7) is 1.81. The predicted molar refractivity (Wildman–Crippen MR) is 87.5 cm³/mol. The Kier molecular flexibility index (Phi) is 8.50. The Hall–Kier alpha value is -0.870. The molecule has 0 fully saturated rings. The highest BCUT2D eigenvalue weighted by molar-refractivity contribution is 7.98. The summed E-state index contributed by atoms with van der Waals surface area (Å²) in [7, 11) is 1.79. The van der Waals surface area contributed by atoms with Gasteiger partial charge in [0, 0.05) is 25.2 Å². The molecule has 5 heteroatoms. The van der Waals surface area contributed by atoms with Crippen molar-refractivity contribution in [2.75, 3.05) is 32.1 Å². The fourth-order valence-electron chi connectivity index (χ4n) is 1.66. The predicted octanol–water partition coefficient (Wildman–Crippen LogP) is 2.80. The number of benzene rings is 1. The number of nitrogens with one attached hydrogen (secondary N) is 2. The van der Waals surface area contributed by atoms with Gasteiger partial charge >= 0.3 is 0 Å². The average Bonchev–Trinajstić information content (AvgIpc) is 2.41. The van der Waals surface area contributed by atoms with Crippen molar-refractivity contribution in [2.45, 2.75) is 12.8 Å². The van der Waals surface area contributed by atoms with Gasteiger partial charge in [0.2, 0.25) is 0 Å². The van der Waals surface area contributed by atoms with Gasteiger partial charge in [-0.1, -0.05) is 23.7 Å². The number of halogens is 1. The molecule has 0 unspecified atom stereocenters. The first kappa shape index (κ1) is 16.2. The number of nitrogens with zero attached hydrogens (tertiary/aromatic N) is 1. The Labute approximate surface area is 125 Å². The third kappa shape index (κ3) is 7.33. The van der Waals surface area contributed by atoms with Gasteiger partial charge in [-0.05, 0) is 42.5 Å². The second kappa shape index (κ2) is 9.98. The van der Waals surface area contributed by atoms with E-state index in [1.807, 2.05) is 30.0 Å². The van der Waals surface area contributed by atoms with Gasteiger partial charge < -0.3 is 10.6 Å². The van der Waals surface area contributed by atoms with Gasteiger partial charge in [-0.2, -0.15) is 11.8 Å². The fourth-order valence-corrected chi connectivity index (χ4v) is 2.31. The summed E-state index contributed by atoms with van der Waals surface area (Å²) in [5.41, 5.74) is 1.23. The summed E-state index contributed by atoms with van der Waals surface area (Å²) in [5, 5.41) is 7.39. The van der Waals surface area contributed by atoms with Crippen LogP contribution in [-0.2, 0) is 6.42 Å². The molecule has 0 saturated carbocycles. The van der Waals surface area contributed by atoms with Crippen molar-refractivity contribution >= 4 is 29.3 Å². The summed E-state index contributed by atoms with van der Waals surface area (Å²) in [6, 6.07) is 7.96. The molecule has 1 aromatic rings. The molecule has 0 aliphatic rings. The van der Waals surface area contributed by atoms with Crippen molar-refractivity contribution in [3.8, 4) is 0 Å². The van der Waals surface area contributed by atoms with Crippen LogP contribution in [0, 0.1) is 0 Å². The molecule has 1 rings (SSSR count). The van der Waals surface area contributed by atoms with Crippen LogP contribution in [-0.4, -0.2) is 38.1 Å². The largest absolute Gasteiger partial charge is 0.356 e. The molecular formula is C14H22ClN3S. The van der Waals surface area contributed by atoms with Gasteiger partial charge in [-0.15, -0.1) is 0 Å². The van der Waals surface area contributed by atoms with Crippen LogP contribution in [0.25, 0.3) is 0 Å². The topological polar surface area (TPSA) is 36.4 Å². The van der Waals surface area contributed by atoms with E-state index in [9.17, 15) is 0 Å². The van der Waals surface area contributed by atoms with Crippen molar-refractivity contribution < 1.29 is 0 Å². The number of guanidine groups is 1. The lowest BCUT2D eigenvalue weighted by molar-refractivity contribution is 0.777. The van der Waals surface area contributed by atoms with Crippen LogP contribution < -0.4 is 10.6 Å². The highest BCUT2D eigenvalue weighted by Gasteiger charge is 1.98. The molecule has 0 saturated heterocycles. The van der Waals surface area contributed by atoms with E-state index in [4.69, 9.17) is 11.6 Å². The maximum absolute atomic E-state index is 5.95. The van der Waals surface area contributed by atoms with Crippen LogP contribution in [0.4, 0.5) is 0 Å². The fraction of sp³-hybridized carbons (Fsp3) is 0.500. The van der Waals surface area contributed by atoms with Gasteiger partial charge in [-0.25, -0.2) is 0 Å². The number of aliphatic imine (C=N–C) groups is 1. The lowest BCUT2D eigenvalue weighted by Crippen LogP contribution is -2.38. The molecule has 2 N–H and O–H groups in total. The van der Waals surface area contributed by atoms with E-state index >= 15 is 0 Å². The maximum Gasteiger partial charge on any atom is 0.190 e. The van der Waals surface area contributed by atoms with E-state index in [0.717, 1.165) is 36.9 Å². The van der Waals surface area contributed by atoms with Gasteiger partial charge in [0.05, 0.1) is 0 Å². The minimum atomic E-state index is 0.789. The molecule has 0 aliphatic heterocycles. The lowest BCUT2D eigenvalue weighted by atomic mass is 10.1. The van der Waals surface area contributed by atoms with Crippen molar-refractivity contribution in [1.82, 2.24) is 10.6 Å². The summed E-state index contributed by atoms with van der Waals surface area (Å²) in [6.07, 6.45) is 4.21. The average molecular weight is 300 g/mol. The van der Waals surface area contributed by atoms with Gasteiger partial charge in [0.1, 0.15) is 0 Å². The molecule has 106 valence electrons. The van der Waals surface area contributed by atoms with E-state index in [-0.39, 0.29) is 0 Å². The zero-order valence-electron chi connectivity index (χ0n) is 11.6. The van der Waals surface area contributed by atoms with Crippen molar-refractivity contribution in [3.63, 3.8) is 0 Å². The van der Waals surface area contributed by atoms with Crippen molar-refractivity contribution in [2.24, 2.45) is 4.99 Å². The Bertz CT molecular complexity index is 396. The van der Waals surface area contributed by atoms with Gasteiger partial charge in [0.25, 0.3) is 0 Å². The standard InChI is InChI=1S/C14H22ClN3S/c1-16-14(17-8-4-10-19-2)18-9-7-12-5-3-6-13(15)11-12/h3,5-6,11H,4,7-10H2,1-2H3,(H2,16,17,18). The quantitative estimate of drug-likeness (QED) is 0.462. The molecule has 1 aromatic carbocycles. The van der Waals surface area contributed by atoms with Gasteiger partial charge in [-0.3, -0.25) is 4.99 Å². The van der Waals surface area contributed by atoms with Crippen LogP contribution >= 0.6 is 23.4 Å². The summed E-state index contributed by atoms with van der Waals surface area (Å²) < 4.78 is 0. The molecule has 3 nitrogen and oxygen atoms in total. The Morgan fingerprint density at radius 1 is 1.32 bits per heavy atom. The van der Waals surface area contributed by atoms with Crippen molar-refractivity contribution in [3.05, 3.63) is 34.9 Å². The number of hydrogen-bond donors (Lipinski definition) is 2. The second-order valence-electron chi connectivity index (χ2n) is 4.15. The van der Waals surface area contributed by atoms with E-state index in [1.54, 1.807) is 7.05 Å². The van der Waals surface area contributed by atoms with Crippen molar-refractivity contribution in [1.29, 1.82) is 0 Å². The molecular weight excluding hydrogens is 278 g/mol. The lowest BCUT2D eigenvalue weighted by Gasteiger charge is -2.11. The third-order valence-corrected chi connectivity index (χ3v) is 3.57. The zero-order chi connectivity index (χ0) is 13.9. The SMILES string of the molecule is CN=C(NCCCSC)NCCc1cccc(Cl)c1. The summed E-state index contributed by atoms with van der Waals surface area (Å²) in [4.78, 5) is 4.20. The third-order valence-electron chi connectivity index (χ3n) is 2.64. The molecule has 0 atom stereocenters. The number of hydrogen-bond acceptors (Lipinski definition) is 2. The van der Waals surface area contributed by atoms with Crippen LogP contribution in [0.2, 0.25) is 5.02 Å². The summed E-state index contributed by atoms with van der Waals surface area (Å²) >= 11 is 7.82. The first-order chi connectivity index (χ1) is 9.26. The highest BCUT2D eigenvalue weighted by Crippen LogP contribution is 2.10. The first-order valence-corrected chi connectivity index (χ1v) is 8.21. The van der Waals surface area contributed by atoms with E-state index in [0.29, 0.717) is 0 Å². The first-order valence-electron chi connectivity index (χ1n) is 6.44. The molecule has 19 heavy (non-hydrogen) atoms. The molecule has 0 spiro atoms. The molecule has 0 aromatic heterocycles. The van der Waals surface area contributed by atoms with Gasteiger partial charge in [0.15, 0.2) is 5.96 Å². The monoisotopic (exact) mass is 299 g/mol. The van der Waals surface area contributed by atoms with Crippen LogP contribution in [0.15, 0.2) is 29.3 Å². The second-order valence-corrected chi connectivity index (χ2v) is 5.57. The van der Waals surface area contributed by atoms with Crippen LogP contribution in [0.1, 0.15) is 12.0 Å². The smallest absolute Gasteiger partial charge is 0.190 e. The molecule has 0 aliphatic carbocycles. The Morgan fingerprint density at radius 3 is 2.79 bits per heavy atom. The van der Waals surface area contributed by atoms with Crippen LogP contribution in [0.3, 0.4) is 0 Å². The molecule has 0 heterocycles. The number of thioether (sulfide) groups is 1. The Balaban J connectivity index is 2.22. The number of rotatable bonds is 7.